The Morgan fingerprint density at radius 1 is 0.967 bits per heavy atom. The fraction of sp³-hybridized carbons (Fsp3) is 0.130. The van der Waals surface area contributed by atoms with E-state index in [1.165, 1.54) is 28.5 Å². The van der Waals surface area contributed by atoms with Gasteiger partial charge in [-0.1, -0.05) is 36.0 Å². The summed E-state index contributed by atoms with van der Waals surface area (Å²) < 4.78 is 25.8. The second-order valence-electron chi connectivity index (χ2n) is 6.54. The van der Waals surface area contributed by atoms with Crippen LogP contribution in [0.4, 0.5) is 4.39 Å². The first-order chi connectivity index (χ1) is 14.6. The normalized spacial score (nSPS) is 10.9. The van der Waals surface area contributed by atoms with E-state index >= 15 is 0 Å². The third-order valence-electron chi connectivity index (χ3n) is 4.60. The highest BCUT2D eigenvalue weighted by Gasteiger charge is 2.15. The lowest BCUT2D eigenvalue weighted by Crippen LogP contribution is -2.22. The van der Waals surface area contributed by atoms with Gasteiger partial charge in [0.1, 0.15) is 17.3 Å². The Bertz CT molecular complexity index is 1250. The smallest absolute Gasteiger partial charge is 0.266 e. The van der Waals surface area contributed by atoms with Gasteiger partial charge >= 0.3 is 0 Å². The van der Waals surface area contributed by atoms with Crippen LogP contribution >= 0.6 is 11.8 Å². The first-order valence-corrected chi connectivity index (χ1v) is 10.2. The van der Waals surface area contributed by atoms with Crippen molar-refractivity contribution in [2.24, 2.45) is 0 Å². The molecule has 7 heteroatoms. The molecular formula is C23H19FN2O3S. The fourth-order valence-electron chi connectivity index (χ4n) is 3.13. The molecule has 0 fully saturated rings. The number of thioether (sulfide) groups is 1. The van der Waals surface area contributed by atoms with Crippen molar-refractivity contribution in [1.29, 1.82) is 0 Å². The summed E-state index contributed by atoms with van der Waals surface area (Å²) in [6.45, 7) is 0. The molecule has 0 unspecified atom stereocenters. The molecule has 4 aromatic rings. The standard InChI is InChI=1S/C23H19FN2O3S/c1-28-18-11-17(12-19(13-18)29-2)26-22(27)20-8-3-4-9-21(20)25-23(26)30-14-15-6-5-7-16(24)10-15/h3-13H,14H2,1-2H3. The van der Waals surface area contributed by atoms with Crippen LogP contribution in [0.25, 0.3) is 16.6 Å². The summed E-state index contributed by atoms with van der Waals surface area (Å²) in [6.07, 6.45) is 0. The zero-order valence-electron chi connectivity index (χ0n) is 16.5. The molecule has 4 rings (SSSR count). The molecule has 152 valence electrons. The fourth-order valence-corrected chi connectivity index (χ4v) is 4.09. The van der Waals surface area contributed by atoms with Crippen LogP contribution in [0.15, 0.2) is 76.7 Å². The van der Waals surface area contributed by atoms with Crippen molar-refractivity contribution in [3.63, 3.8) is 0 Å². The Morgan fingerprint density at radius 3 is 2.40 bits per heavy atom. The summed E-state index contributed by atoms with van der Waals surface area (Å²) in [6, 6.07) is 18.8. The average molecular weight is 422 g/mol. The Hall–Kier alpha value is -3.32. The maximum absolute atomic E-state index is 13.6. The van der Waals surface area contributed by atoms with E-state index in [9.17, 15) is 9.18 Å². The van der Waals surface area contributed by atoms with E-state index in [2.05, 4.69) is 0 Å². The van der Waals surface area contributed by atoms with Crippen LogP contribution in [0, 0.1) is 5.82 Å². The van der Waals surface area contributed by atoms with E-state index in [-0.39, 0.29) is 11.4 Å². The Kier molecular flexibility index (Phi) is 5.72. The van der Waals surface area contributed by atoms with Crippen LogP contribution in [0.2, 0.25) is 0 Å². The molecule has 0 aliphatic carbocycles. The van der Waals surface area contributed by atoms with Gasteiger partial charge in [0, 0.05) is 24.0 Å². The highest BCUT2D eigenvalue weighted by molar-refractivity contribution is 7.98. The van der Waals surface area contributed by atoms with Crippen molar-refractivity contribution >= 4 is 22.7 Å². The van der Waals surface area contributed by atoms with Crippen molar-refractivity contribution in [3.8, 4) is 17.2 Å². The van der Waals surface area contributed by atoms with Crippen LogP contribution in [-0.4, -0.2) is 23.8 Å². The summed E-state index contributed by atoms with van der Waals surface area (Å²) >= 11 is 1.36. The third-order valence-corrected chi connectivity index (χ3v) is 5.61. The Morgan fingerprint density at radius 2 is 1.70 bits per heavy atom. The summed E-state index contributed by atoms with van der Waals surface area (Å²) in [5, 5.41) is 1.01. The second kappa shape index (κ2) is 8.59. The molecule has 0 aliphatic heterocycles. The van der Waals surface area contributed by atoms with E-state index < -0.39 is 0 Å². The monoisotopic (exact) mass is 422 g/mol. The largest absolute Gasteiger partial charge is 0.497 e. The number of nitrogens with zero attached hydrogens (tertiary/aromatic N) is 2. The quantitative estimate of drug-likeness (QED) is 0.329. The maximum atomic E-state index is 13.6. The van der Waals surface area contributed by atoms with Crippen molar-refractivity contribution in [1.82, 2.24) is 9.55 Å². The van der Waals surface area contributed by atoms with Gasteiger partial charge in [0.2, 0.25) is 0 Å². The molecule has 0 atom stereocenters. The number of rotatable bonds is 6. The van der Waals surface area contributed by atoms with Crippen molar-refractivity contribution in [3.05, 3.63) is 88.5 Å². The number of para-hydroxylation sites is 1. The first-order valence-electron chi connectivity index (χ1n) is 9.21. The molecule has 0 N–H and O–H groups in total. The zero-order valence-corrected chi connectivity index (χ0v) is 17.3. The van der Waals surface area contributed by atoms with Gasteiger partial charge in [-0.15, -0.1) is 0 Å². The number of halogens is 1. The molecular weight excluding hydrogens is 403 g/mol. The van der Waals surface area contributed by atoms with Crippen molar-refractivity contribution in [2.45, 2.75) is 10.9 Å². The molecule has 1 aromatic heterocycles. The lowest BCUT2D eigenvalue weighted by atomic mass is 10.2. The molecule has 1 heterocycles. The Balaban J connectivity index is 1.87. The minimum Gasteiger partial charge on any atom is -0.497 e. The summed E-state index contributed by atoms with van der Waals surface area (Å²) in [5.41, 5.74) is 1.79. The lowest BCUT2D eigenvalue weighted by molar-refractivity contribution is 0.394. The van der Waals surface area contributed by atoms with Crippen LogP contribution in [0.5, 0.6) is 11.5 Å². The zero-order chi connectivity index (χ0) is 21.1. The summed E-state index contributed by atoms with van der Waals surface area (Å²) in [4.78, 5) is 18.1. The topological polar surface area (TPSA) is 53.4 Å². The number of benzene rings is 3. The molecule has 5 nitrogen and oxygen atoms in total. The predicted octanol–water partition coefficient (Wildman–Crippen LogP) is 4.83. The first kappa shape index (κ1) is 20.0. The molecule has 3 aromatic carbocycles. The van der Waals surface area contributed by atoms with E-state index in [1.807, 2.05) is 18.2 Å². The minimum absolute atomic E-state index is 0.197. The third kappa shape index (κ3) is 4.02. The van der Waals surface area contributed by atoms with E-state index in [0.29, 0.717) is 39.0 Å². The van der Waals surface area contributed by atoms with Crippen molar-refractivity contribution < 1.29 is 13.9 Å². The minimum atomic E-state index is -0.297. The maximum Gasteiger partial charge on any atom is 0.266 e. The van der Waals surface area contributed by atoms with Crippen molar-refractivity contribution in [2.75, 3.05) is 14.2 Å². The van der Waals surface area contributed by atoms with Crippen LogP contribution in [0.1, 0.15) is 5.56 Å². The van der Waals surface area contributed by atoms with Crippen LogP contribution < -0.4 is 15.0 Å². The van der Waals surface area contributed by atoms with Gasteiger partial charge in [0.05, 0.1) is 30.8 Å². The molecule has 0 aliphatic rings. The van der Waals surface area contributed by atoms with Gasteiger partial charge in [0.25, 0.3) is 5.56 Å². The number of fused-ring (bicyclic) bond motifs is 1. The molecule has 0 bridgehead atoms. The van der Waals surface area contributed by atoms with Gasteiger partial charge in [-0.3, -0.25) is 9.36 Å². The molecule has 0 spiro atoms. The summed E-state index contributed by atoms with van der Waals surface area (Å²) in [5.74, 6) is 1.29. The van der Waals surface area contributed by atoms with Gasteiger partial charge in [0.15, 0.2) is 5.16 Å². The number of ether oxygens (including phenoxy) is 2. The van der Waals surface area contributed by atoms with Gasteiger partial charge in [-0.2, -0.15) is 0 Å². The molecule has 30 heavy (non-hydrogen) atoms. The van der Waals surface area contributed by atoms with Gasteiger partial charge in [-0.05, 0) is 29.8 Å². The second-order valence-corrected chi connectivity index (χ2v) is 7.48. The highest BCUT2D eigenvalue weighted by Crippen LogP contribution is 2.29. The van der Waals surface area contributed by atoms with Gasteiger partial charge < -0.3 is 9.47 Å². The average Bonchev–Trinajstić information content (AvgIpc) is 2.77. The predicted molar refractivity (Wildman–Crippen MR) is 116 cm³/mol. The molecule has 0 amide bonds. The van der Waals surface area contributed by atoms with Crippen LogP contribution in [-0.2, 0) is 5.75 Å². The lowest BCUT2D eigenvalue weighted by Gasteiger charge is -2.15. The number of methoxy groups -OCH3 is 2. The number of hydrogen-bond donors (Lipinski definition) is 0. The highest BCUT2D eigenvalue weighted by atomic mass is 32.2. The number of hydrogen-bond acceptors (Lipinski definition) is 5. The molecule has 0 radical (unpaired) electrons. The number of aromatic nitrogens is 2. The van der Waals surface area contributed by atoms with E-state index in [4.69, 9.17) is 14.5 Å². The molecule has 0 saturated carbocycles. The van der Waals surface area contributed by atoms with Crippen LogP contribution in [0.3, 0.4) is 0 Å². The van der Waals surface area contributed by atoms with Gasteiger partial charge in [-0.25, -0.2) is 9.37 Å². The Labute approximate surface area is 177 Å². The molecule has 0 saturated heterocycles. The summed E-state index contributed by atoms with van der Waals surface area (Å²) in [7, 11) is 3.11. The SMILES string of the molecule is COc1cc(OC)cc(-n2c(SCc3cccc(F)c3)nc3ccccc3c2=O)c1. The van der Waals surface area contributed by atoms with E-state index in [0.717, 1.165) is 5.56 Å². The van der Waals surface area contributed by atoms with E-state index in [1.54, 1.807) is 50.6 Å².